The molecule has 0 saturated carbocycles. The molecule has 0 spiro atoms. The number of imidazole rings is 2. The molecular formula is C28H34N6O4S. The van der Waals surface area contributed by atoms with Gasteiger partial charge in [0.25, 0.3) is 10.0 Å². The lowest BCUT2D eigenvalue weighted by Crippen LogP contribution is -2.35. The lowest BCUT2D eigenvalue weighted by molar-refractivity contribution is -0.120. The second-order valence-electron chi connectivity index (χ2n) is 10.4. The number of carbonyl (C=O) groups excluding carboxylic acids is 1. The first kappa shape index (κ1) is 26.7. The number of benzene rings is 1. The average Bonchev–Trinajstić information content (AvgIpc) is 3.54. The second kappa shape index (κ2) is 10.4. The molecule has 2 aromatic heterocycles. The highest BCUT2D eigenvalue weighted by Crippen LogP contribution is 2.37. The van der Waals surface area contributed by atoms with Crippen LogP contribution in [0, 0.1) is 5.92 Å². The molecule has 2 aliphatic rings. The number of aryl methyl sites for hydroxylation is 1. The lowest BCUT2D eigenvalue weighted by Gasteiger charge is -2.28. The third-order valence-electron chi connectivity index (χ3n) is 7.56. The molecule has 10 nitrogen and oxygen atoms in total. The van der Waals surface area contributed by atoms with Gasteiger partial charge in [-0.15, -0.1) is 0 Å². The fourth-order valence-corrected chi connectivity index (χ4v) is 6.80. The van der Waals surface area contributed by atoms with Gasteiger partial charge in [0.1, 0.15) is 0 Å². The van der Waals surface area contributed by atoms with Gasteiger partial charge in [-0.1, -0.05) is 49.3 Å². The summed E-state index contributed by atoms with van der Waals surface area (Å²) in [4.78, 5) is 33.0. The van der Waals surface area contributed by atoms with Gasteiger partial charge in [-0.25, -0.2) is 14.5 Å². The predicted molar refractivity (Wildman–Crippen MR) is 149 cm³/mol. The van der Waals surface area contributed by atoms with Gasteiger partial charge in [0, 0.05) is 44.9 Å². The zero-order valence-corrected chi connectivity index (χ0v) is 23.4. The standard InChI is InChI=1S/C28H34N6O4S/c1-5-9-21(14-25(35)30-39(37,38)26-17-31(3)18-29-26)34-23-12-7-6-11-22(23)33(28(34)36)16-20-15-32(4)24-13-8-10-19(2)27(20)24/h6-8,10-13,15,17-18,21,24,27H,5,9,14,16H2,1-4H3,(H,30,35)/t21-,24?,27?/m0/s1. The molecular weight excluding hydrogens is 516 g/mol. The van der Waals surface area contributed by atoms with E-state index < -0.39 is 22.0 Å². The van der Waals surface area contributed by atoms with Crippen LogP contribution in [0.4, 0.5) is 0 Å². The number of para-hydroxylation sites is 2. The maximum Gasteiger partial charge on any atom is 0.329 e. The Hall–Kier alpha value is -3.86. The van der Waals surface area contributed by atoms with E-state index in [0.29, 0.717) is 19.4 Å². The first-order valence-corrected chi connectivity index (χ1v) is 14.6. The molecule has 0 saturated heterocycles. The van der Waals surface area contributed by atoms with E-state index in [-0.39, 0.29) is 29.1 Å². The number of hydrogen-bond acceptors (Lipinski definition) is 6. The number of hydrogen-bond donors (Lipinski definition) is 1. The largest absolute Gasteiger partial charge is 0.373 e. The van der Waals surface area contributed by atoms with Crippen LogP contribution in [0.3, 0.4) is 0 Å². The van der Waals surface area contributed by atoms with E-state index in [9.17, 15) is 18.0 Å². The normalized spacial score (nSPS) is 19.6. The minimum atomic E-state index is -4.11. The molecule has 1 N–H and O–H groups in total. The highest BCUT2D eigenvalue weighted by molar-refractivity contribution is 7.90. The Labute approximate surface area is 228 Å². The Kier molecular flexibility index (Phi) is 7.11. The molecule has 1 aromatic carbocycles. The molecule has 0 fully saturated rings. The Morgan fingerprint density at radius 1 is 1.18 bits per heavy atom. The van der Waals surface area contributed by atoms with E-state index in [1.54, 1.807) is 16.2 Å². The van der Waals surface area contributed by atoms with Gasteiger partial charge in [0.05, 0.1) is 29.9 Å². The summed E-state index contributed by atoms with van der Waals surface area (Å²) in [6.45, 7) is 4.52. The molecule has 5 rings (SSSR count). The topological polar surface area (TPSA) is 111 Å². The summed E-state index contributed by atoms with van der Waals surface area (Å²) in [5.41, 5.74) is 3.70. The van der Waals surface area contributed by atoms with Crippen molar-refractivity contribution in [3.8, 4) is 0 Å². The maximum absolute atomic E-state index is 14.0. The number of sulfonamides is 1. The summed E-state index contributed by atoms with van der Waals surface area (Å²) in [6.07, 6.45) is 12.3. The van der Waals surface area contributed by atoms with Crippen LogP contribution in [0.1, 0.15) is 39.2 Å². The van der Waals surface area contributed by atoms with Gasteiger partial charge in [-0.2, -0.15) is 8.42 Å². The SMILES string of the molecule is CCC[C@@H](CC(=O)NS(=O)(=O)c1cn(C)cn1)n1c(=O)n(CC2=CN(C)C3C=CC=C(C)C23)c2ccccc21. The second-order valence-corrected chi connectivity index (χ2v) is 12.0. The predicted octanol–water partition coefficient (Wildman–Crippen LogP) is 3.10. The highest BCUT2D eigenvalue weighted by Gasteiger charge is 2.35. The van der Waals surface area contributed by atoms with Crippen molar-refractivity contribution in [3.63, 3.8) is 0 Å². The molecule has 39 heavy (non-hydrogen) atoms. The molecule has 3 aromatic rings. The molecule has 1 amide bonds. The average molecular weight is 551 g/mol. The van der Waals surface area contributed by atoms with Gasteiger partial charge in [-0.05, 0) is 31.1 Å². The summed E-state index contributed by atoms with van der Waals surface area (Å²) < 4.78 is 32.4. The summed E-state index contributed by atoms with van der Waals surface area (Å²) in [5, 5.41) is -0.228. The number of carbonyl (C=O) groups is 1. The van der Waals surface area contributed by atoms with Crippen molar-refractivity contribution in [1.29, 1.82) is 0 Å². The fourth-order valence-electron chi connectivity index (χ4n) is 5.82. The smallest absolute Gasteiger partial charge is 0.329 e. The van der Waals surface area contributed by atoms with Crippen LogP contribution < -0.4 is 10.4 Å². The van der Waals surface area contributed by atoms with E-state index in [4.69, 9.17) is 0 Å². The lowest BCUT2D eigenvalue weighted by atomic mass is 9.84. The van der Waals surface area contributed by atoms with Crippen LogP contribution in [-0.2, 0) is 28.4 Å². The molecule has 1 aliphatic carbocycles. The molecule has 3 atom stereocenters. The highest BCUT2D eigenvalue weighted by atomic mass is 32.2. The van der Waals surface area contributed by atoms with Crippen molar-refractivity contribution >= 4 is 27.0 Å². The number of nitrogens with one attached hydrogen (secondary N) is 1. The Morgan fingerprint density at radius 3 is 2.62 bits per heavy atom. The van der Waals surface area contributed by atoms with E-state index >= 15 is 0 Å². The van der Waals surface area contributed by atoms with E-state index in [1.165, 1.54) is 22.7 Å². The zero-order chi connectivity index (χ0) is 27.9. The van der Waals surface area contributed by atoms with Gasteiger partial charge in [0.2, 0.25) is 5.91 Å². The number of amides is 1. The molecule has 0 radical (unpaired) electrons. The van der Waals surface area contributed by atoms with Crippen molar-refractivity contribution < 1.29 is 13.2 Å². The number of likely N-dealkylation sites (N-methyl/N-ethyl adjacent to an activating group) is 1. The zero-order valence-electron chi connectivity index (χ0n) is 22.6. The van der Waals surface area contributed by atoms with Crippen molar-refractivity contribution in [3.05, 3.63) is 82.8 Å². The van der Waals surface area contributed by atoms with Gasteiger partial charge >= 0.3 is 5.69 Å². The summed E-state index contributed by atoms with van der Waals surface area (Å²) in [7, 11) is -0.415. The maximum atomic E-state index is 14.0. The third kappa shape index (κ3) is 4.98. The number of fused-ring (bicyclic) bond motifs is 2. The number of nitrogens with zero attached hydrogens (tertiary/aromatic N) is 5. The van der Waals surface area contributed by atoms with Crippen molar-refractivity contribution in [1.82, 2.24) is 28.3 Å². The molecule has 0 bridgehead atoms. The van der Waals surface area contributed by atoms with Gasteiger partial charge in [-0.3, -0.25) is 13.9 Å². The Bertz CT molecular complexity index is 1670. The molecule has 3 heterocycles. The Morgan fingerprint density at radius 2 is 1.92 bits per heavy atom. The van der Waals surface area contributed by atoms with Crippen LogP contribution >= 0.6 is 0 Å². The summed E-state index contributed by atoms with van der Waals surface area (Å²) in [5.74, 6) is -0.483. The van der Waals surface area contributed by atoms with E-state index in [2.05, 4.69) is 53.0 Å². The quantitative estimate of drug-likeness (QED) is 0.438. The summed E-state index contributed by atoms with van der Waals surface area (Å²) >= 11 is 0. The monoisotopic (exact) mass is 550 g/mol. The van der Waals surface area contributed by atoms with E-state index in [1.807, 2.05) is 31.2 Å². The molecule has 206 valence electrons. The minimum Gasteiger partial charge on any atom is -0.373 e. The molecule has 2 unspecified atom stereocenters. The van der Waals surface area contributed by atoms with Crippen LogP contribution in [-0.4, -0.2) is 51.0 Å². The van der Waals surface area contributed by atoms with Crippen molar-refractivity contribution in [2.24, 2.45) is 13.0 Å². The number of aromatic nitrogens is 4. The van der Waals surface area contributed by atoms with Gasteiger partial charge < -0.3 is 9.47 Å². The first-order valence-electron chi connectivity index (χ1n) is 13.1. The van der Waals surface area contributed by atoms with Crippen LogP contribution in [0.5, 0.6) is 0 Å². The number of rotatable bonds is 9. The minimum absolute atomic E-state index is 0.156. The van der Waals surface area contributed by atoms with Crippen LogP contribution in [0.15, 0.2) is 82.2 Å². The first-order chi connectivity index (χ1) is 18.6. The van der Waals surface area contributed by atoms with Crippen molar-refractivity contribution in [2.75, 3.05) is 7.05 Å². The van der Waals surface area contributed by atoms with Crippen LogP contribution in [0.25, 0.3) is 11.0 Å². The third-order valence-corrected chi connectivity index (χ3v) is 8.82. The Balaban J connectivity index is 1.47. The summed E-state index contributed by atoms with van der Waals surface area (Å²) in [6, 6.07) is 7.28. The molecule has 11 heteroatoms. The number of allylic oxidation sites excluding steroid dienone is 2. The van der Waals surface area contributed by atoms with Gasteiger partial charge in [0.15, 0.2) is 5.03 Å². The van der Waals surface area contributed by atoms with Crippen LogP contribution in [0.2, 0.25) is 0 Å². The molecule has 1 aliphatic heterocycles. The van der Waals surface area contributed by atoms with Crippen molar-refractivity contribution in [2.45, 2.75) is 56.8 Å². The fraction of sp³-hybridized carbons (Fsp3) is 0.393. The van der Waals surface area contributed by atoms with E-state index in [0.717, 1.165) is 16.6 Å².